The van der Waals surface area contributed by atoms with E-state index in [1.165, 1.54) is 0 Å². The number of aliphatic carboxylic acids is 1. The van der Waals surface area contributed by atoms with E-state index in [9.17, 15) is 4.79 Å². The summed E-state index contributed by atoms with van der Waals surface area (Å²) in [6, 6.07) is 5.29. The van der Waals surface area contributed by atoms with Crippen molar-refractivity contribution in [2.75, 3.05) is 13.1 Å². The molecular formula is C11H12Cl3NO2. The maximum atomic E-state index is 11.0. The summed E-state index contributed by atoms with van der Waals surface area (Å²) in [6.07, 6.45) is 0. The number of benzene rings is 1. The van der Waals surface area contributed by atoms with E-state index in [-0.39, 0.29) is 18.3 Å². The number of halogens is 3. The Morgan fingerprint density at radius 3 is 2.59 bits per heavy atom. The van der Waals surface area contributed by atoms with Crippen LogP contribution in [0.1, 0.15) is 11.5 Å². The van der Waals surface area contributed by atoms with Gasteiger partial charge in [-0.3, -0.25) is 4.79 Å². The smallest absolute Gasteiger partial charge is 0.308 e. The second-order valence-electron chi connectivity index (χ2n) is 3.88. The van der Waals surface area contributed by atoms with Gasteiger partial charge in [-0.2, -0.15) is 0 Å². The number of carboxylic acids is 1. The molecule has 6 heteroatoms. The third-order valence-electron chi connectivity index (χ3n) is 2.90. The van der Waals surface area contributed by atoms with Gasteiger partial charge in [-0.15, -0.1) is 12.4 Å². The highest BCUT2D eigenvalue weighted by molar-refractivity contribution is 6.42. The van der Waals surface area contributed by atoms with Crippen LogP contribution in [0.2, 0.25) is 10.0 Å². The zero-order chi connectivity index (χ0) is 11.7. The highest BCUT2D eigenvalue weighted by Gasteiger charge is 2.33. The van der Waals surface area contributed by atoms with Crippen LogP contribution < -0.4 is 5.32 Å². The zero-order valence-electron chi connectivity index (χ0n) is 8.82. The molecule has 0 amide bonds. The minimum absolute atomic E-state index is 0. The van der Waals surface area contributed by atoms with Crippen LogP contribution in [0.3, 0.4) is 0 Å². The van der Waals surface area contributed by atoms with Crippen LogP contribution in [0.15, 0.2) is 18.2 Å². The SMILES string of the molecule is Cl.O=C(O)[C@H]1CNC[C@@H]1c1ccc(Cl)c(Cl)c1. The second kappa shape index (κ2) is 5.91. The van der Waals surface area contributed by atoms with Gasteiger partial charge in [0.25, 0.3) is 0 Å². The summed E-state index contributed by atoms with van der Waals surface area (Å²) in [6.45, 7) is 1.16. The molecule has 1 aliphatic heterocycles. The number of hydrogen-bond acceptors (Lipinski definition) is 2. The number of nitrogens with one attached hydrogen (secondary N) is 1. The van der Waals surface area contributed by atoms with Crippen LogP contribution >= 0.6 is 35.6 Å². The molecule has 1 aliphatic rings. The summed E-state index contributed by atoms with van der Waals surface area (Å²) < 4.78 is 0. The Bertz CT molecular complexity index is 425. The van der Waals surface area contributed by atoms with E-state index in [2.05, 4.69) is 5.32 Å². The van der Waals surface area contributed by atoms with E-state index in [1.54, 1.807) is 12.1 Å². The topological polar surface area (TPSA) is 49.3 Å². The Kier molecular flexibility index (Phi) is 5.07. The molecule has 0 spiro atoms. The highest BCUT2D eigenvalue weighted by atomic mass is 35.5. The van der Waals surface area contributed by atoms with Gasteiger partial charge in [0.1, 0.15) is 0 Å². The summed E-state index contributed by atoms with van der Waals surface area (Å²) in [5.41, 5.74) is 0.923. The predicted molar refractivity (Wildman–Crippen MR) is 70.4 cm³/mol. The van der Waals surface area contributed by atoms with E-state index < -0.39 is 11.9 Å². The van der Waals surface area contributed by atoms with Crippen LogP contribution in [0.25, 0.3) is 0 Å². The summed E-state index contributed by atoms with van der Waals surface area (Å²) in [4.78, 5) is 11.0. The molecule has 3 nitrogen and oxygen atoms in total. The lowest BCUT2D eigenvalue weighted by Crippen LogP contribution is -2.20. The summed E-state index contributed by atoms with van der Waals surface area (Å²) in [7, 11) is 0. The number of carbonyl (C=O) groups is 1. The monoisotopic (exact) mass is 295 g/mol. The first-order valence-corrected chi connectivity index (χ1v) is 5.73. The number of hydrogen-bond donors (Lipinski definition) is 2. The van der Waals surface area contributed by atoms with Crippen molar-refractivity contribution < 1.29 is 9.90 Å². The molecule has 0 aliphatic carbocycles. The van der Waals surface area contributed by atoms with Gasteiger partial charge in [-0.25, -0.2) is 0 Å². The van der Waals surface area contributed by atoms with Crippen molar-refractivity contribution >= 4 is 41.6 Å². The third-order valence-corrected chi connectivity index (χ3v) is 3.64. The molecule has 17 heavy (non-hydrogen) atoms. The van der Waals surface area contributed by atoms with E-state index in [0.29, 0.717) is 23.1 Å². The fourth-order valence-corrected chi connectivity index (χ4v) is 2.34. The molecule has 0 saturated carbocycles. The minimum Gasteiger partial charge on any atom is -0.481 e. The van der Waals surface area contributed by atoms with Crippen LogP contribution in [0, 0.1) is 5.92 Å². The summed E-state index contributed by atoms with van der Waals surface area (Å²) >= 11 is 11.7. The van der Waals surface area contributed by atoms with Gasteiger partial charge < -0.3 is 10.4 Å². The van der Waals surface area contributed by atoms with Crippen molar-refractivity contribution in [2.24, 2.45) is 5.92 Å². The minimum atomic E-state index is -0.777. The van der Waals surface area contributed by atoms with Gasteiger partial charge in [0.05, 0.1) is 16.0 Å². The first-order valence-electron chi connectivity index (χ1n) is 4.98. The molecule has 94 valence electrons. The normalized spacial score (nSPS) is 23.2. The molecular weight excluding hydrogens is 284 g/mol. The molecule has 0 unspecified atom stereocenters. The van der Waals surface area contributed by atoms with Crippen molar-refractivity contribution in [3.8, 4) is 0 Å². The van der Waals surface area contributed by atoms with Gasteiger partial charge in [0, 0.05) is 19.0 Å². The first-order chi connectivity index (χ1) is 7.59. The van der Waals surface area contributed by atoms with E-state index >= 15 is 0 Å². The maximum absolute atomic E-state index is 11.0. The Balaban J connectivity index is 0.00000144. The van der Waals surface area contributed by atoms with Crippen LogP contribution in [-0.2, 0) is 4.79 Å². The molecule has 0 radical (unpaired) electrons. The molecule has 1 fully saturated rings. The fraction of sp³-hybridized carbons (Fsp3) is 0.364. The van der Waals surface area contributed by atoms with Crippen LogP contribution in [0.5, 0.6) is 0 Å². The van der Waals surface area contributed by atoms with Crippen molar-refractivity contribution in [1.29, 1.82) is 0 Å². The Hall–Kier alpha value is -0.480. The Morgan fingerprint density at radius 1 is 1.29 bits per heavy atom. The van der Waals surface area contributed by atoms with E-state index in [4.69, 9.17) is 28.3 Å². The van der Waals surface area contributed by atoms with E-state index in [1.807, 2.05) is 6.07 Å². The van der Waals surface area contributed by atoms with E-state index in [0.717, 1.165) is 5.56 Å². The molecule has 2 N–H and O–H groups in total. The quantitative estimate of drug-likeness (QED) is 0.882. The molecule has 0 bridgehead atoms. The molecule has 1 aromatic rings. The first kappa shape index (κ1) is 14.6. The molecule has 2 atom stereocenters. The largest absolute Gasteiger partial charge is 0.481 e. The van der Waals surface area contributed by atoms with Gasteiger partial charge in [-0.1, -0.05) is 29.3 Å². The highest BCUT2D eigenvalue weighted by Crippen LogP contribution is 2.32. The molecule has 1 aromatic carbocycles. The predicted octanol–water partition coefficient (Wildman–Crippen LogP) is 2.80. The van der Waals surface area contributed by atoms with Crippen molar-refractivity contribution in [1.82, 2.24) is 5.32 Å². The summed E-state index contributed by atoms with van der Waals surface area (Å²) in [5.74, 6) is -1.20. The van der Waals surface area contributed by atoms with Crippen LogP contribution in [0.4, 0.5) is 0 Å². The van der Waals surface area contributed by atoms with Gasteiger partial charge in [-0.05, 0) is 17.7 Å². The Labute approximate surface area is 116 Å². The summed E-state index contributed by atoms with van der Waals surface area (Å²) in [5, 5.41) is 13.1. The zero-order valence-corrected chi connectivity index (χ0v) is 11.1. The van der Waals surface area contributed by atoms with Crippen molar-refractivity contribution in [3.63, 3.8) is 0 Å². The number of carboxylic acid groups (broad SMARTS) is 1. The van der Waals surface area contributed by atoms with Gasteiger partial charge >= 0.3 is 5.97 Å². The maximum Gasteiger partial charge on any atom is 0.308 e. The van der Waals surface area contributed by atoms with Crippen molar-refractivity contribution in [2.45, 2.75) is 5.92 Å². The van der Waals surface area contributed by atoms with Gasteiger partial charge in [0.15, 0.2) is 0 Å². The lowest BCUT2D eigenvalue weighted by atomic mass is 9.89. The van der Waals surface area contributed by atoms with Crippen LogP contribution in [-0.4, -0.2) is 24.2 Å². The fourth-order valence-electron chi connectivity index (χ4n) is 2.03. The average Bonchev–Trinajstić information content (AvgIpc) is 2.71. The molecule has 2 rings (SSSR count). The molecule has 1 heterocycles. The Morgan fingerprint density at radius 2 is 2.00 bits per heavy atom. The molecule has 1 saturated heterocycles. The average molecular weight is 297 g/mol. The lowest BCUT2D eigenvalue weighted by Gasteiger charge is -2.15. The standard InChI is InChI=1S/C11H11Cl2NO2.ClH/c12-9-2-1-6(3-10(9)13)7-4-14-5-8(7)11(15)16;/h1-3,7-8,14H,4-5H2,(H,15,16);1H/t7-,8+;/m1./s1. The van der Waals surface area contributed by atoms with Gasteiger partial charge in [0.2, 0.25) is 0 Å². The number of rotatable bonds is 2. The molecule has 0 aromatic heterocycles. The lowest BCUT2D eigenvalue weighted by molar-refractivity contribution is -0.141. The van der Waals surface area contributed by atoms with Crippen molar-refractivity contribution in [3.05, 3.63) is 33.8 Å². The second-order valence-corrected chi connectivity index (χ2v) is 4.70. The third kappa shape index (κ3) is 3.05.